The van der Waals surface area contributed by atoms with Gasteiger partial charge in [-0.1, -0.05) is 24.3 Å². The van der Waals surface area contributed by atoms with Crippen LogP contribution in [0.1, 0.15) is 20.8 Å². The fourth-order valence-corrected chi connectivity index (χ4v) is 4.41. The standard InChI is InChI=1S/C23H28N4O3/c1-16(25-12-14-26(15-13-25)19-10-6-7-11-20(19)28)21(29)27-18-9-5-4-8-17(18)24-22(30)23(27,2)3/h4-11,16,28H,12-15H2,1-3H3,(H,24,30)/p+1/t16-/m0/s1. The van der Waals surface area contributed by atoms with Crippen molar-refractivity contribution in [3.8, 4) is 5.75 Å². The van der Waals surface area contributed by atoms with E-state index in [0.29, 0.717) is 5.69 Å². The van der Waals surface area contributed by atoms with Crippen LogP contribution in [0.3, 0.4) is 0 Å². The first-order chi connectivity index (χ1) is 14.3. The molecule has 2 aliphatic heterocycles. The van der Waals surface area contributed by atoms with E-state index in [4.69, 9.17) is 0 Å². The highest BCUT2D eigenvalue weighted by Gasteiger charge is 2.46. The van der Waals surface area contributed by atoms with Gasteiger partial charge in [-0.05, 0) is 45.0 Å². The quantitative estimate of drug-likeness (QED) is 0.713. The molecule has 2 amide bonds. The van der Waals surface area contributed by atoms with Crippen molar-refractivity contribution in [2.75, 3.05) is 41.3 Å². The lowest BCUT2D eigenvalue weighted by Gasteiger charge is -2.44. The molecule has 2 aromatic carbocycles. The zero-order valence-electron chi connectivity index (χ0n) is 17.7. The lowest BCUT2D eigenvalue weighted by Crippen LogP contribution is -3.19. The van der Waals surface area contributed by atoms with Gasteiger partial charge >= 0.3 is 0 Å². The van der Waals surface area contributed by atoms with Crippen molar-refractivity contribution in [1.82, 2.24) is 0 Å². The SMILES string of the molecule is C[C@@H](C(=O)N1c2ccccc2NC(=O)C1(C)C)[NH+]1CCN(c2ccccc2O)CC1. The largest absolute Gasteiger partial charge is 0.506 e. The van der Waals surface area contributed by atoms with E-state index in [-0.39, 0.29) is 23.6 Å². The maximum Gasteiger partial charge on any atom is 0.285 e. The molecule has 2 aromatic rings. The van der Waals surface area contributed by atoms with Crippen molar-refractivity contribution >= 4 is 28.9 Å². The summed E-state index contributed by atoms with van der Waals surface area (Å²) in [6.07, 6.45) is 0. The van der Waals surface area contributed by atoms with E-state index in [1.54, 1.807) is 24.8 Å². The summed E-state index contributed by atoms with van der Waals surface area (Å²) in [5.74, 6) is 0.0530. The van der Waals surface area contributed by atoms with Gasteiger partial charge in [0.25, 0.3) is 5.91 Å². The third-order valence-corrected chi connectivity index (χ3v) is 6.34. The number of hydrogen-bond acceptors (Lipinski definition) is 4. The van der Waals surface area contributed by atoms with Crippen LogP contribution in [0.4, 0.5) is 17.1 Å². The Morgan fingerprint density at radius 1 is 1.07 bits per heavy atom. The lowest BCUT2D eigenvalue weighted by molar-refractivity contribution is -0.914. The van der Waals surface area contributed by atoms with Crippen LogP contribution in [0.15, 0.2) is 48.5 Å². The summed E-state index contributed by atoms with van der Waals surface area (Å²) in [7, 11) is 0. The summed E-state index contributed by atoms with van der Waals surface area (Å²) in [6.45, 7) is 8.59. The Kier molecular flexibility index (Phi) is 5.15. The number of para-hydroxylation sites is 4. The predicted molar refractivity (Wildman–Crippen MR) is 117 cm³/mol. The first kappa shape index (κ1) is 20.2. The molecule has 0 radical (unpaired) electrons. The highest BCUT2D eigenvalue weighted by molar-refractivity contribution is 6.14. The Balaban J connectivity index is 1.52. The molecule has 30 heavy (non-hydrogen) atoms. The minimum atomic E-state index is -0.962. The molecule has 1 atom stereocenters. The molecule has 3 N–H and O–H groups in total. The van der Waals surface area contributed by atoms with Gasteiger partial charge in [0.15, 0.2) is 6.04 Å². The fraction of sp³-hybridized carbons (Fsp3) is 0.391. The molecule has 0 unspecified atom stereocenters. The van der Waals surface area contributed by atoms with E-state index in [9.17, 15) is 14.7 Å². The number of piperazine rings is 1. The topological polar surface area (TPSA) is 77.3 Å². The molecule has 2 aliphatic rings. The van der Waals surface area contributed by atoms with Crippen molar-refractivity contribution in [3.63, 3.8) is 0 Å². The van der Waals surface area contributed by atoms with Crippen molar-refractivity contribution in [1.29, 1.82) is 0 Å². The third-order valence-electron chi connectivity index (χ3n) is 6.34. The molecular formula is C23H29N4O3+. The van der Waals surface area contributed by atoms with Crippen molar-refractivity contribution in [2.45, 2.75) is 32.4 Å². The highest BCUT2D eigenvalue weighted by Crippen LogP contribution is 2.37. The van der Waals surface area contributed by atoms with Crippen LogP contribution in [-0.2, 0) is 9.59 Å². The maximum atomic E-state index is 13.6. The average Bonchev–Trinajstić information content (AvgIpc) is 2.74. The summed E-state index contributed by atoms with van der Waals surface area (Å²) in [5, 5.41) is 13.0. The number of phenolic OH excluding ortho intramolecular Hbond substituents is 1. The van der Waals surface area contributed by atoms with Gasteiger partial charge in [0.2, 0.25) is 5.91 Å². The van der Waals surface area contributed by atoms with E-state index in [1.807, 2.05) is 49.4 Å². The molecule has 4 rings (SSSR count). The van der Waals surface area contributed by atoms with Crippen molar-refractivity contribution < 1.29 is 19.6 Å². The molecule has 1 fully saturated rings. The number of rotatable bonds is 3. The molecule has 2 heterocycles. The van der Waals surface area contributed by atoms with Gasteiger partial charge in [-0.15, -0.1) is 0 Å². The van der Waals surface area contributed by atoms with Gasteiger partial charge in [0.1, 0.15) is 11.3 Å². The van der Waals surface area contributed by atoms with E-state index >= 15 is 0 Å². The van der Waals surface area contributed by atoms with Crippen molar-refractivity contribution in [2.24, 2.45) is 0 Å². The number of aromatic hydroxyl groups is 1. The normalized spacial score (nSPS) is 19.8. The molecule has 1 saturated heterocycles. The maximum absolute atomic E-state index is 13.6. The van der Waals surface area contributed by atoms with Gasteiger partial charge < -0.3 is 20.2 Å². The Bertz CT molecular complexity index is 966. The summed E-state index contributed by atoms with van der Waals surface area (Å²) < 4.78 is 0. The molecule has 158 valence electrons. The van der Waals surface area contributed by atoms with E-state index in [0.717, 1.165) is 37.6 Å². The van der Waals surface area contributed by atoms with Crippen LogP contribution >= 0.6 is 0 Å². The Morgan fingerprint density at radius 3 is 2.33 bits per heavy atom. The molecule has 0 aromatic heterocycles. The summed E-state index contributed by atoms with van der Waals surface area (Å²) >= 11 is 0. The number of anilines is 3. The molecule has 7 nitrogen and oxygen atoms in total. The minimum Gasteiger partial charge on any atom is -0.506 e. The van der Waals surface area contributed by atoms with Crippen LogP contribution in [-0.4, -0.2) is 54.7 Å². The smallest absolute Gasteiger partial charge is 0.285 e. The molecular weight excluding hydrogens is 380 g/mol. The summed E-state index contributed by atoms with van der Waals surface area (Å²) in [4.78, 5) is 31.3. The zero-order chi connectivity index (χ0) is 21.5. The molecule has 0 saturated carbocycles. The van der Waals surface area contributed by atoms with Crippen LogP contribution in [0.25, 0.3) is 0 Å². The van der Waals surface area contributed by atoms with Gasteiger partial charge in [0, 0.05) is 0 Å². The van der Waals surface area contributed by atoms with Gasteiger partial charge in [0.05, 0.1) is 43.2 Å². The third kappa shape index (κ3) is 3.39. The van der Waals surface area contributed by atoms with Gasteiger partial charge in [-0.2, -0.15) is 0 Å². The number of quaternary nitrogens is 1. The predicted octanol–water partition coefficient (Wildman–Crippen LogP) is 1.25. The van der Waals surface area contributed by atoms with Gasteiger partial charge in [-0.3, -0.25) is 14.5 Å². The zero-order valence-corrected chi connectivity index (χ0v) is 17.7. The molecule has 7 heteroatoms. The second kappa shape index (κ2) is 7.65. The Labute approximate surface area is 176 Å². The molecule has 0 aliphatic carbocycles. The van der Waals surface area contributed by atoms with E-state index in [1.165, 1.54) is 4.90 Å². The van der Waals surface area contributed by atoms with Crippen molar-refractivity contribution in [3.05, 3.63) is 48.5 Å². The number of nitrogens with zero attached hydrogens (tertiary/aromatic N) is 2. The monoisotopic (exact) mass is 409 g/mol. The second-order valence-electron chi connectivity index (χ2n) is 8.56. The molecule has 0 spiro atoms. The highest BCUT2D eigenvalue weighted by atomic mass is 16.3. The first-order valence-electron chi connectivity index (χ1n) is 10.4. The first-order valence-corrected chi connectivity index (χ1v) is 10.4. The number of benzene rings is 2. The summed E-state index contributed by atoms with van der Waals surface area (Å²) in [5.41, 5.74) is 1.28. The summed E-state index contributed by atoms with van der Waals surface area (Å²) in [6, 6.07) is 14.5. The number of nitrogens with one attached hydrogen (secondary N) is 2. The number of phenols is 1. The average molecular weight is 410 g/mol. The second-order valence-corrected chi connectivity index (χ2v) is 8.56. The number of carbonyl (C=O) groups excluding carboxylic acids is 2. The van der Waals surface area contributed by atoms with Crippen LogP contribution in [0, 0.1) is 0 Å². The Morgan fingerprint density at radius 2 is 1.67 bits per heavy atom. The van der Waals surface area contributed by atoms with Crippen LogP contribution in [0.2, 0.25) is 0 Å². The van der Waals surface area contributed by atoms with Crippen LogP contribution in [0.5, 0.6) is 5.75 Å². The number of carbonyl (C=O) groups is 2. The minimum absolute atomic E-state index is 0.0479. The van der Waals surface area contributed by atoms with E-state index in [2.05, 4.69) is 10.2 Å². The number of fused-ring (bicyclic) bond motifs is 1. The molecule has 0 bridgehead atoms. The Hall–Kier alpha value is -3.06. The fourth-order valence-electron chi connectivity index (χ4n) is 4.41. The number of amides is 2. The lowest BCUT2D eigenvalue weighted by atomic mass is 9.95. The number of hydrogen-bond donors (Lipinski definition) is 3. The van der Waals surface area contributed by atoms with E-state index < -0.39 is 5.54 Å². The van der Waals surface area contributed by atoms with Gasteiger partial charge in [-0.25, -0.2) is 0 Å². The van der Waals surface area contributed by atoms with Crippen LogP contribution < -0.4 is 20.0 Å².